The maximum absolute atomic E-state index is 5.52. The Labute approximate surface area is 154 Å². The third kappa shape index (κ3) is 3.60. The zero-order valence-electron chi connectivity index (χ0n) is 15.7. The normalized spacial score (nSPS) is 12.0. The van der Waals surface area contributed by atoms with Gasteiger partial charge in [0.15, 0.2) is 11.5 Å². The van der Waals surface area contributed by atoms with Gasteiger partial charge in [-0.2, -0.15) is 0 Å². The minimum atomic E-state index is 0.193. The SMILES string of the molecule is COc1cc(OC)c(OC)cc1CNC(C)c1cccc2ccccc12. The van der Waals surface area contributed by atoms with Gasteiger partial charge in [0.1, 0.15) is 5.75 Å². The van der Waals surface area contributed by atoms with Crippen molar-refractivity contribution in [3.63, 3.8) is 0 Å². The molecule has 3 aromatic carbocycles. The molecule has 0 fully saturated rings. The van der Waals surface area contributed by atoms with Crippen LogP contribution in [0.4, 0.5) is 0 Å². The highest BCUT2D eigenvalue weighted by molar-refractivity contribution is 5.86. The standard InChI is InChI=1S/C22H25NO3/c1-15(18-11-7-9-16-8-5-6-10-19(16)18)23-14-17-12-21(25-3)22(26-4)13-20(17)24-2/h5-13,15,23H,14H2,1-4H3. The first-order valence-corrected chi connectivity index (χ1v) is 8.67. The van der Waals surface area contributed by atoms with Crippen LogP contribution in [0.15, 0.2) is 54.6 Å². The molecule has 3 aromatic rings. The lowest BCUT2D eigenvalue weighted by Gasteiger charge is -2.19. The Hall–Kier alpha value is -2.72. The van der Waals surface area contributed by atoms with Gasteiger partial charge in [0, 0.05) is 24.2 Å². The number of rotatable bonds is 7. The molecule has 1 N–H and O–H groups in total. The van der Waals surface area contributed by atoms with Crippen LogP contribution in [0.25, 0.3) is 10.8 Å². The van der Waals surface area contributed by atoms with Gasteiger partial charge in [-0.05, 0) is 29.3 Å². The molecule has 0 aliphatic rings. The molecule has 0 saturated heterocycles. The molecule has 0 bridgehead atoms. The number of hydrogen-bond donors (Lipinski definition) is 1. The minimum Gasteiger partial charge on any atom is -0.496 e. The zero-order chi connectivity index (χ0) is 18.5. The summed E-state index contributed by atoms with van der Waals surface area (Å²) >= 11 is 0. The maximum Gasteiger partial charge on any atom is 0.164 e. The summed E-state index contributed by atoms with van der Waals surface area (Å²) in [5, 5.41) is 6.12. The molecule has 3 rings (SSSR count). The summed E-state index contributed by atoms with van der Waals surface area (Å²) in [6.07, 6.45) is 0. The van der Waals surface area contributed by atoms with E-state index in [1.165, 1.54) is 16.3 Å². The highest BCUT2D eigenvalue weighted by Gasteiger charge is 2.14. The molecule has 26 heavy (non-hydrogen) atoms. The van der Waals surface area contributed by atoms with Crippen LogP contribution in [-0.2, 0) is 6.54 Å². The van der Waals surface area contributed by atoms with E-state index >= 15 is 0 Å². The van der Waals surface area contributed by atoms with Crippen molar-refractivity contribution in [2.24, 2.45) is 0 Å². The number of nitrogens with one attached hydrogen (secondary N) is 1. The first kappa shape index (κ1) is 18.1. The van der Waals surface area contributed by atoms with Crippen LogP contribution in [0.3, 0.4) is 0 Å². The summed E-state index contributed by atoms with van der Waals surface area (Å²) in [6.45, 7) is 2.84. The zero-order valence-corrected chi connectivity index (χ0v) is 15.7. The van der Waals surface area contributed by atoms with Crippen LogP contribution < -0.4 is 19.5 Å². The van der Waals surface area contributed by atoms with Crippen LogP contribution >= 0.6 is 0 Å². The number of ether oxygens (including phenoxy) is 3. The van der Waals surface area contributed by atoms with E-state index in [0.717, 1.165) is 11.3 Å². The summed E-state index contributed by atoms with van der Waals surface area (Å²) < 4.78 is 16.3. The Morgan fingerprint density at radius 1 is 0.808 bits per heavy atom. The molecule has 0 heterocycles. The molecule has 1 atom stereocenters. The van der Waals surface area contributed by atoms with Crippen molar-refractivity contribution in [2.45, 2.75) is 19.5 Å². The molecule has 0 amide bonds. The minimum absolute atomic E-state index is 0.193. The Kier molecular flexibility index (Phi) is 5.64. The molecule has 136 valence electrons. The summed E-state index contributed by atoms with van der Waals surface area (Å²) in [4.78, 5) is 0. The lowest BCUT2D eigenvalue weighted by atomic mass is 9.99. The third-order valence-electron chi connectivity index (χ3n) is 4.68. The smallest absolute Gasteiger partial charge is 0.164 e. The molecule has 0 radical (unpaired) electrons. The molecule has 1 unspecified atom stereocenters. The number of hydrogen-bond acceptors (Lipinski definition) is 4. The molecule has 4 heteroatoms. The maximum atomic E-state index is 5.52. The third-order valence-corrected chi connectivity index (χ3v) is 4.68. The average Bonchev–Trinajstić information content (AvgIpc) is 2.70. The highest BCUT2D eigenvalue weighted by Crippen LogP contribution is 2.35. The van der Waals surface area contributed by atoms with Gasteiger partial charge in [0.05, 0.1) is 21.3 Å². The van der Waals surface area contributed by atoms with Crippen LogP contribution in [-0.4, -0.2) is 21.3 Å². The van der Waals surface area contributed by atoms with Gasteiger partial charge in [0.2, 0.25) is 0 Å². The van der Waals surface area contributed by atoms with Crippen molar-refractivity contribution >= 4 is 10.8 Å². The predicted octanol–water partition coefficient (Wildman–Crippen LogP) is 4.72. The Balaban J connectivity index is 1.84. The lowest BCUT2D eigenvalue weighted by Crippen LogP contribution is -2.19. The summed E-state index contributed by atoms with van der Waals surface area (Å²) in [6, 6.07) is 18.9. The topological polar surface area (TPSA) is 39.7 Å². The van der Waals surface area contributed by atoms with E-state index < -0.39 is 0 Å². The Morgan fingerprint density at radius 3 is 2.19 bits per heavy atom. The number of methoxy groups -OCH3 is 3. The van der Waals surface area contributed by atoms with Gasteiger partial charge < -0.3 is 19.5 Å². The fourth-order valence-corrected chi connectivity index (χ4v) is 3.23. The largest absolute Gasteiger partial charge is 0.496 e. The van der Waals surface area contributed by atoms with Crippen LogP contribution in [0.2, 0.25) is 0 Å². The van der Waals surface area contributed by atoms with E-state index in [1.54, 1.807) is 21.3 Å². The second-order valence-electron chi connectivity index (χ2n) is 6.19. The van der Waals surface area contributed by atoms with Gasteiger partial charge >= 0.3 is 0 Å². The lowest BCUT2D eigenvalue weighted by molar-refractivity contribution is 0.346. The number of benzene rings is 3. The van der Waals surface area contributed by atoms with E-state index in [0.29, 0.717) is 18.0 Å². The molecular formula is C22H25NO3. The van der Waals surface area contributed by atoms with E-state index in [-0.39, 0.29) is 6.04 Å². The summed E-state index contributed by atoms with van der Waals surface area (Å²) in [5.74, 6) is 2.14. The molecule has 0 aromatic heterocycles. The highest BCUT2D eigenvalue weighted by atomic mass is 16.5. The first-order chi connectivity index (χ1) is 12.7. The van der Waals surface area contributed by atoms with E-state index in [9.17, 15) is 0 Å². The summed E-state index contributed by atoms with van der Waals surface area (Å²) in [5.41, 5.74) is 2.31. The van der Waals surface area contributed by atoms with Crippen molar-refractivity contribution in [1.29, 1.82) is 0 Å². The van der Waals surface area contributed by atoms with Crippen LogP contribution in [0.5, 0.6) is 17.2 Å². The second-order valence-corrected chi connectivity index (χ2v) is 6.19. The number of fused-ring (bicyclic) bond motifs is 1. The second kappa shape index (κ2) is 8.11. The summed E-state index contributed by atoms with van der Waals surface area (Å²) in [7, 11) is 4.93. The predicted molar refractivity (Wildman–Crippen MR) is 105 cm³/mol. The van der Waals surface area contributed by atoms with Gasteiger partial charge in [-0.25, -0.2) is 0 Å². The van der Waals surface area contributed by atoms with E-state index in [1.807, 2.05) is 12.1 Å². The van der Waals surface area contributed by atoms with Gasteiger partial charge in [0.25, 0.3) is 0 Å². The van der Waals surface area contributed by atoms with Crippen molar-refractivity contribution in [3.8, 4) is 17.2 Å². The molecule has 0 saturated carbocycles. The molecule has 4 nitrogen and oxygen atoms in total. The van der Waals surface area contributed by atoms with Gasteiger partial charge in [-0.3, -0.25) is 0 Å². The van der Waals surface area contributed by atoms with Crippen molar-refractivity contribution in [1.82, 2.24) is 5.32 Å². The molecular weight excluding hydrogens is 326 g/mol. The van der Waals surface area contributed by atoms with E-state index in [2.05, 4.69) is 54.7 Å². The van der Waals surface area contributed by atoms with Gasteiger partial charge in [-0.1, -0.05) is 42.5 Å². The monoisotopic (exact) mass is 351 g/mol. The fraction of sp³-hybridized carbons (Fsp3) is 0.273. The van der Waals surface area contributed by atoms with E-state index in [4.69, 9.17) is 14.2 Å². The van der Waals surface area contributed by atoms with Crippen LogP contribution in [0.1, 0.15) is 24.1 Å². The van der Waals surface area contributed by atoms with Gasteiger partial charge in [-0.15, -0.1) is 0 Å². The molecule has 0 aliphatic heterocycles. The Bertz CT molecular complexity index is 886. The van der Waals surface area contributed by atoms with Crippen molar-refractivity contribution in [3.05, 3.63) is 65.7 Å². The van der Waals surface area contributed by atoms with Crippen LogP contribution in [0, 0.1) is 0 Å². The first-order valence-electron chi connectivity index (χ1n) is 8.67. The van der Waals surface area contributed by atoms with Crippen molar-refractivity contribution in [2.75, 3.05) is 21.3 Å². The fourth-order valence-electron chi connectivity index (χ4n) is 3.23. The molecule has 0 aliphatic carbocycles. The average molecular weight is 351 g/mol. The quantitative estimate of drug-likeness (QED) is 0.669. The molecule has 0 spiro atoms. The van der Waals surface area contributed by atoms with Crippen molar-refractivity contribution < 1.29 is 14.2 Å². The Morgan fingerprint density at radius 2 is 1.46 bits per heavy atom.